The Bertz CT molecular complexity index is 3110. The second kappa shape index (κ2) is 10.9. The highest BCUT2D eigenvalue weighted by atomic mass is 16.3. The van der Waals surface area contributed by atoms with Gasteiger partial charge in [-0.25, -0.2) is 9.97 Å². The Morgan fingerprint density at radius 2 is 1.22 bits per heavy atom. The lowest BCUT2D eigenvalue weighted by atomic mass is 9.45. The number of benzene rings is 8. The maximum Gasteiger partial charge on any atom is 0.332 e. The fourth-order valence-corrected chi connectivity index (χ4v) is 8.25. The molecule has 2 aromatic heterocycles. The third-order valence-corrected chi connectivity index (χ3v) is 10.4. The lowest BCUT2D eigenvalue weighted by Gasteiger charge is -2.38. The summed E-state index contributed by atoms with van der Waals surface area (Å²) in [6.07, 6.45) is 0. The van der Waals surface area contributed by atoms with Gasteiger partial charge in [-0.3, -0.25) is 0 Å². The predicted molar refractivity (Wildman–Crippen MR) is 213 cm³/mol. The molecule has 0 atom stereocenters. The third kappa shape index (κ3) is 4.09. The largest absolute Gasteiger partial charge is 0.454 e. The first-order valence-electron chi connectivity index (χ1n) is 18.2. The third-order valence-electron chi connectivity index (χ3n) is 10.4. The van der Waals surface area contributed by atoms with Crippen molar-refractivity contribution in [1.29, 1.82) is 0 Å². The molecule has 1 aliphatic heterocycles. The van der Waals surface area contributed by atoms with Crippen molar-refractivity contribution in [1.82, 2.24) is 9.97 Å². The van der Waals surface area contributed by atoms with Crippen LogP contribution in [-0.4, -0.2) is 16.8 Å². The molecule has 0 N–H and O–H groups in total. The summed E-state index contributed by atoms with van der Waals surface area (Å²) in [7, 11) is 0. The molecular formula is C46H28BN3O. The Morgan fingerprint density at radius 3 is 2.04 bits per heavy atom. The molecule has 8 aromatic carbocycles. The molecule has 11 rings (SSSR count). The van der Waals surface area contributed by atoms with Gasteiger partial charge in [0.2, 0.25) is 5.95 Å². The van der Waals surface area contributed by atoms with E-state index in [1.165, 1.54) is 0 Å². The lowest BCUT2D eigenvalue weighted by molar-refractivity contribution is 0.669. The number of furan rings is 1. The number of hydrogen-bond acceptors (Lipinski definition) is 4. The zero-order valence-electron chi connectivity index (χ0n) is 29.3. The Balaban J connectivity index is 1.36. The van der Waals surface area contributed by atoms with Crippen LogP contribution in [0.2, 0.25) is 0 Å². The maximum atomic E-state index is 8.41. The molecule has 0 amide bonds. The normalized spacial score (nSPS) is 13.2. The van der Waals surface area contributed by atoms with Crippen molar-refractivity contribution >= 4 is 83.8 Å². The second-order valence-electron chi connectivity index (χ2n) is 13.1. The molecule has 0 bridgehead atoms. The number of aromatic nitrogens is 2. The highest BCUT2D eigenvalue weighted by Gasteiger charge is 2.42. The number of anilines is 2. The predicted octanol–water partition coefficient (Wildman–Crippen LogP) is 10.4. The average Bonchev–Trinajstić information content (AvgIpc) is 3.60. The van der Waals surface area contributed by atoms with Crippen molar-refractivity contribution in [2.45, 2.75) is 0 Å². The molecular weight excluding hydrogens is 621 g/mol. The van der Waals surface area contributed by atoms with E-state index in [0.717, 1.165) is 93.4 Å². The number of nitrogens with zero attached hydrogens (tertiary/aromatic N) is 3. The van der Waals surface area contributed by atoms with Crippen LogP contribution in [0, 0.1) is 0 Å². The Morgan fingerprint density at radius 1 is 0.549 bits per heavy atom. The summed E-state index contributed by atoms with van der Waals surface area (Å²) < 4.78 is 23.6. The molecule has 5 heteroatoms. The summed E-state index contributed by atoms with van der Waals surface area (Å²) in [6, 6.07) is 54.3. The lowest BCUT2D eigenvalue weighted by Crippen LogP contribution is -2.58. The molecule has 0 saturated heterocycles. The summed E-state index contributed by atoms with van der Waals surface area (Å²) in [5, 5.41) is 7.59. The van der Waals surface area contributed by atoms with Gasteiger partial charge >= 0.3 is 6.85 Å². The second-order valence-corrected chi connectivity index (χ2v) is 13.1. The molecule has 0 saturated carbocycles. The van der Waals surface area contributed by atoms with E-state index in [9.17, 15) is 0 Å². The minimum Gasteiger partial charge on any atom is -0.454 e. The summed E-state index contributed by atoms with van der Waals surface area (Å²) in [5.41, 5.74) is 9.36. The standard InChI is InChI=1S/C46H28BN3O/c1-3-16-30(17-4-1)43-35-23-11-13-25-38(35)48-46(49-43)50-44-42(34-22-10-9-21-33(34)40-36-24-12-14-26-39(36)51-45(40)44)41-32-20-8-7-15-29(32)27-28-37(41)47(50)31-18-5-2-6-19-31/h1-28H/i1D,2D. The van der Waals surface area contributed by atoms with E-state index >= 15 is 0 Å². The highest BCUT2D eigenvalue weighted by molar-refractivity contribution is 6.91. The van der Waals surface area contributed by atoms with Crippen molar-refractivity contribution in [2.75, 3.05) is 4.81 Å². The quantitative estimate of drug-likeness (QED) is 0.178. The number of rotatable bonds is 3. The van der Waals surface area contributed by atoms with Gasteiger partial charge in [0.1, 0.15) is 5.58 Å². The molecule has 51 heavy (non-hydrogen) atoms. The first-order chi connectivity index (χ1) is 26.1. The Hall–Kier alpha value is -6.72. The molecule has 0 spiro atoms. The minimum atomic E-state index is -0.370. The fourth-order valence-electron chi connectivity index (χ4n) is 8.25. The van der Waals surface area contributed by atoms with Gasteiger partial charge in [0.25, 0.3) is 0 Å². The fraction of sp³-hybridized carbons (Fsp3) is 0. The molecule has 10 aromatic rings. The van der Waals surface area contributed by atoms with Gasteiger partial charge in [-0.1, -0.05) is 163 Å². The van der Waals surface area contributed by atoms with Crippen molar-refractivity contribution in [3.8, 4) is 22.4 Å². The van der Waals surface area contributed by atoms with Crippen LogP contribution in [0.1, 0.15) is 2.74 Å². The van der Waals surface area contributed by atoms with E-state index < -0.39 is 0 Å². The molecule has 0 aliphatic carbocycles. The van der Waals surface area contributed by atoms with Gasteiger partial charge in [0.05, 0.1) is 19.6 Å². The molecule has 0 radical (unpaired) electrons. The van der Waals surface area contributed by atoms with Crippen LogP contribution in [0.5, 0.6) is 0 Å². The first kappa shape index (κ1) is 26.2. The van der Waals surface area contributed by atoms with E-state index in [1.54, 1.807) is 12.1 Å². The summed E-state index contributed by atoms with van der Waals surface area (Å²) >= 11 is 0. The van der Waals surface area contributed by atoms with Gasteiger partial charge in [-0.2, -0.15) is 0 Å². The van der Waals surface area contributed by atoms with E-state index in [2.05, 4.69) is 95.8 Å². The van der Waals surface area contributed by atoms with E-state index in [0.29, 0.717) is 18.0 Å². The zero-order chi connectivity index (χ0) is 35.2. The van der Waals surface area contributed by atoms with E-state index in [1.807, 2.05) is 54.6 Å². The Kier molecular flexibility index (Phi) is 5.59. The monoisotopic (exact) mass is 651 g/mol. The molecule has 236 valence electrons. The zero-order valence-corrected chi connectivity index (χ0v) is 27.3. The van der Waals surface area contributed by atoms with Crippen LogP contribution in [0.25, 0.3) is 76.8 Å². The van der Waals surface area contributed by atoms with Gasteiger partial charge in [-0.05, 0) is 44.7 Å². The van der Waals surface area contributed by atoms with Crippen molar-refractivity contribution in [2.24, 2.45) is 0 Å². The van der Waals surface area contributed by atoms with Gasteiger partial charge in [0, 0.05) is 27.3 Å². The van der Waals surface area contributed by atoms with Gasteiger partial charge in [0.15, 0.2) is 5.58 Å². The van der Waals surface area contributed by atoms with Crippen LogP contribution >= 0.6 is 0 Å². The molecule has 4 nitrogen and oxygen atoms in total. The number of hydrogen-bond donors (Lipinski definition) is 0. The van der Waals surface area contributed by atoms with Crippen LogP contribution in [0.15, 0.2) is 174 Å². The molecule has 3 heterocycles. The minimum absolute atomic E-state index is 0.370. The average molecular weight is 652 g/mol. The van der Waals surface area contributed by atoms with Gasteiger partial charge in [-0.15, -0.1) is 0 Å². The first-order valence-corrected chi connectivity index (χ1v) is 17.2. The number of para-hydroxylation sites is 2. The maximum absolute atomic E-state index is 8.41. The summed E-state index contributed by atoms with van der Waals surface area (Å²) in [6.45, 7) is -0.370. The van der Waals surface area contributed by atoms with Crippen LogP contribution in [-0.2, 0) is 0 Å². The summed E-state index contributed by atoms with van der Waals surface area (Å²) in [4.78, 5) is 13.1. The van der Waals surface area contributed by atoms with Crippen molar-refractivity contribution in [3.63, 3.8) is 0 Å². The topological polar surface area (TPSA) is 42.2 Å². The van der Waals surface area contributed by atoms with E-state index in [-0.39, 0.29) is 6.85 Å². The Labute approximate surface area is 297 Å². The molecule has 0 fully saturated rings. The smallest absolute Gasteiger partial charge is 0.332 e. The highest BCUT2D eigenvalue weighted by Crippen LogP contribution is 2.52. The van der Waals surface area contributed by atoms with Gasteiger partial charge < -0.3 is 9.23 Å². The van der Waals surface area contributed by atoms with E-state index in [4.69, 9.17) is 17.1 Å². The van der Waals surface area contributed by atoms with Crippen LogP contribution in [0.4, 0.5) is 11.6 Å². The SMILES string of the molecule is [2H]c1ccc(B2c3ccc4ccccc4c3-c3c(c4oc5ccccc5c4c4ccccc34)N2c2nc(-c3ccc([2H])cc3)c3ccccc3n2)cc1. The van der Waals surface area contributed by atoms with Crippen molar-refractivity contribution < 1.29 is 7.16 Å². The summed E-state index contributed by atoms with van der Waals surface area (Å²) in [5.74, 6) is 0.533. The molecule has 0 unspecified atom stereocenters. The van der Waals surface area contributed by atoms with Crippen LogP contribution in [0.3, 0.4) is 0 Å². The van der Waals surface area contributed by atoms with Crippen LogP contribution < -0.4 is 15.7 Å². The van der Waals surface area contributed by atoms with Crippen molar-refractivity contribution in [3.05, 3.63) is 170 Å². The molecule has 1 aliphatic rings. The number of fused-ring (bicyclic) bond motifs is 13.